The summed E-state index contributed by atoms with van der Waals surface area (Å²) in [6, 6.07) is 3.30. The molecule has 0 saturated heterocycles. The first-order chi connectivity index (χ1) is 7.60. The summed E-state index contributed by atoms with van der Waals surface area (Å²) in [6.07, 6.45) is 1.17. The Hall–Kier alpha value is -1.88. The van der Waals surface area contributed by atoms with Gasteiger partial charge in [-0.25, -0.2) is 9.50 Å². The van der Waals surface area contributed by atoms with Crippen molar-refractivity contribution in [3.8, 4) is 0 Å². The van der Waals surface area contributed by atoms with Gasteiger partial charge in [0.05, 0.1) is 5.69 Å². The summed E-state index contributed by atoms with van der Waals surface area (Å²) < 4.78 is 1.50. The Morgan fingerprint density at radius 1 is 1.62 bits per heavy atom. The van der Waals surface area contributed by atoms with Crippen LogP contribution in [-0.4, -0.2) is 20.5 Å². The molecule has 0 aliphatic carbocycles. The van der Waals surface area contributed by atoms with Crippen molar-refractivity contribution in [2.45, 2.75) is 6.92 Å². The van der Waals surface area contributed by atoms with Crippen molar-refractivity contribution in [2.24, 2.45) is 0 Å². The molecule has 16 heavy (non-hydrogen) atoms. The molecule has 0 fully saturated rings. The number of nitrogens with one attached hydrogen (secondary N) is 1. The van der Waals surface area contributed by atoms with Crippen LogP contribution in [0.2, 0.25) is 5.15 Å². The van der Waals surface area contributed by atoms with E-state index in [-0.39, 0.29) is 5.91 Å². The lowest BCUT2D eigenvalue weighted by atomic mass is 10.4. The number of aryl methyl sites for hydroxylation is 1. The number of hydrogen-bond donors (Lipinski definition) is 1. The molecule has 0 aromatic carbocycles. The van der Waals surface area contributed by atoms with Gasteiger partial charge in [-0.2, -0.15) is 5.10 Å². The van der Waals surface area contributed by atoms with Crippen molar-refractivity contribution in [2.75, 3.05) is 5.32 Å². The summed E-state index contributed by atoms with van der Waals surface area (Å²) in [5, 5.41) is 7.07. The Kier molecular flexibility index (Phi) is 2.62. The van der Waals surface area contributed by atoms with Crippen LogP contribution >= 0.6 is 11.6 Å². The first-order valence-corrected chi connectivity index (χ1v) is 4.94. The third kappa shape index (κ3) is 1.90. The molecule has 2 aromatic heterocycles. The molecule has 0 atom stereocenters. The molecule has 0 unspecified atom stereocenters. The summed E-state index contributed by atoms with van der Waals surface area (Å²) in [5.74, 6) is 0.0476. The highest BCUT2D eigenvalue weighted by Crippen LogP contribution is 2.16. The van der Waals surface area contributed by atoms with Crippen molar-refractivity contribution in [3.05, 3.63) is 35.6 Å². The molecular weight excluding hydrogens is 228 g/mol. The maximum absolute atomic E-state index is 11.1. The van der Waals surface area contributed by atoms with Crippen LogP contribution in [0.4, 0.5) is 5.82 Å². The third-order valence-corrected chi connectivity index (χ3v) is 2.21. The first-order valence-electron chi connectivity index (χ1n) is 4.56. The zero-order valence-corrected chi connectivity index (χ0v) is 9.32. The van der Waals surface area contributed by atoms with Crippen LogP contribution in [0.25, 0.3) is 5.65 Å². The van der Waals surface area contributed by atoms with Gasteiger partial charge in [-0.15, -0.1) is 0 Å². The molecule has 1 amide bonds. The standard InChI is InChI=1S/C10H9ClN4O/c1-3-10(16)13-8-5-7(11)15-9(12-8)4-6(2)14-15/h3-5H,1H2,2H3,(H,12,13,16). The lowest BCUT2D eigenvalue weighted by Gasteiger charge is -2.03. The number of rotatable bonds is 2. The van der Waals surface area contributed by atoms with E-state index in [1.54, 1.807) is 6.07 Å². The van der Waals surface area contributed by atoms with E-state index in [1.165, 1.54) is 16.7 Å². The predicted molar refractivity (Wildman–Crippen MR) is 61.6 cm³/mol. The topological polar surface area (TPSA) is 59.3 Å². The maximum Gasteiger partial charge on any atom is 0.248 e. The molecule has 2 rings (SSSR count). The van der Waals surface area contributed by atoms with Gasteiger partial charge < -0.3 is 5.32 Å². The zero-order valence-electron chi connectivity index (χ0n) is 8.57. The van der Waals surface area contributed by atoms with Crippen LogP contribution in [0.1, 0.15) is 5.69 Å². The van der Waals surface area contributed by atoms with Crippen molar-refractivity contribution in [1.29, 1.82) is 0 Å². The van der Waals surface area contributed by atoms with E-state index >= 15 is 0 Å². The molecular formula is C10H9ClN4O. The van der Waals surface area contributed by atoms with E-state index in [9.17, 15) is 4.79 Å². The number of amides is 1. The second-order valence-electron chi connectivity index (χ2n) is 3.21. The number of halogens is 1. The monoisotopic (exact) mass is 236 g/mol. The van der Waals surface area contributed by atoms with Gasteiger partial charge in [-0.05, 0) is 13.0 Å². The molecule has 6 heteroatoms. The minimum Gasteiger partial charge on any atom is -0.307 e. The summed E-state index contributed by atoms with van der Waals surface area (Å²) in [5.41, 5.74) is 1.39. The zero-order chi connectivity index (χ0) is 11.7. The van der Waals surface area contributed by atoms with E-state index < -0.39 is 0 Å². The molecule has 0 saturated carbocycles. The normalized spacial score (nSPS) is 10.4. The molecule has 0 spiro atoms. The van der Waals surface area contributed by atoms with Crippen LogP contribution in [0, 0.1) is 6.92 Å². The van der Waals surface area contributed by atoms with Crippen LogP contribution in [0.3, 0.4) is 0 Å². The highest BCUT2D eigenvalue weighted by Gasteiger charge is 2.07. The second kappa shape index (κ2) is 3.94. The lowest BCUT2D eigenvalue weighted by Crippen LogP contribution is -2.09. The largest absolute Gasteiger partial charge is 0.307 e. The third-order valence-electron chi connectivity index (χ3n) is 1.94. The van der Waals surface area contributed by atoms with Crippen molar-refractivity contribution < 1.29 is 4.79 Å². The highest BCUT2D eigenvalue weighted by atomic mass is 35.5. The number of fused-ring (bicyclic) bond motifs is 1. The number of carbonyl (C=O) groups excluding carboxylic acids is 1. The van der Waals surface area contributed by atoms with E-state index in [2.05, 4.69) is 22.0 Å². The molecule has 0 aliphatic rings. The number of anilines is 1. The molecule has 1 N–H and O–H groups in total. The Labute approximate surface area is 96.7 Å². The van der Waals surface area contributed by atoms with Crippen molar-refractivity contribution >= 4 is 29.0 Å². The molecule has 82 valence electrons. The highest BCUT2D eigenvalue weighted by molar-refractivity contribution is 6.30. The fourth-order valence-corrected chi connectivity index (χ4v) is 1.52. The average Bonchev–Trinajstić information content (AvgIpc) is 2.59. The van der Waals surface area contributed by atoms with Crippen molar-refractivity contribution in [3.63, 3.8) is 0 Å². The van der Waals surface area contributed by atoms with Gasteiger partial charge in [0.2, 0.25) is 5.91 Å². The minimum atomic E-state index is -0.329. The Balaban J connectivity index is 2.48. The molecule has 0 aliphatic heterocycles. The smallest absolute Gasteiger partial charge is 0.248 e. The number of carbonyl (C=O) groups is 1. The summed E-state index contributed by atoms with van der Waals surface area (Å²) >= 11 is 5.99. The van der Waals surface area contributed by atoms with Crippen molar-refractivity contribution in [1.82, 2.24) is 14.6 Å². The number of hydrogen-bond acceptors (Lipinski definition) is 3. The van der Waals surface area contributed by atoms with Crippen LogP contribution in [0.5, 0.6) is 0 Å². The van der Waals surface area contributed by atoms with E-state index in [0.717, 1.165) is 5.69 Å². The minimum absolute atomic E-state index is 0.329. The Bertz CT molecular complexity index is 575. The first kappa shape index (κ1) is 10.6. The fourth-order valence-electron chi connectivity index (χ4n) is 1.29. The predicted octanol–water partition coefficient (Wildman–Crippen LogP) is 1.82. The Morgan fingerprint density at radius 3 is 3.06 bits per heavy atom. The number of nitrogens with zero attached hydrogens (tertiary/aromatic N) is 3. The van der Waals surface area contributed by atoms with Gasteiger partial charge in [-0.3, -0.25) is 4.79 Å². The van der Waals surface area contributed by atoms with Gasteiger partial charge in [-0.1, -0.05) is 18.2 Å². The summed E-state index contributed by atoms with van der Waals surface area (Å²) in [6.45, 7) is 5.20. The second-order valence-corrected chi connectivity index (χ2v) is 3.60. The Morgan fingerprint density at radius 2 is 2.38 bits per heavy atom. The average molecular weight is 237 g/mol. The van der Waals surface area contributed by atoms with E-state index in [0.29, 0.717) is 16.6 Å². The van der Waals surface area contributed by atoms with Gasteiger partial charge >= 0.3 is 0 Å². The van der Waals surface area contributed by atoms with E-state index in [1.807, 2.05) is 6.92 Å². The number of aromatic nitrogens is 3. The summed E-state index contributed by atoms with van der Waals surface area (Å²) in [4.78, 5) is 15.3. The van der Waals surface area contributed by atoms with Crippen LogP contribution in [0.15, 0.2) is 24.8 Å². The molecule has 0 radical (unpaired) electrons. The van der Waals surface area contributed by atoms with Gasteiger partial charge in [0.1, 0.15) is 11.0 Å². The van der Waals surface area contributed by atoms with Gasteiger partial charge in [0, 0.05) is 12.1 Å². The SMILES string of the molecule is C=CC(=O)Nc1cc(Cl)n2nc(C)cc2n1. The molecule has 2 heterocycles. The van der Waals surface area contributed by atoms with Crippen LogP contribution < -0.4 is 5.32 Å². The van der Waals surface area contributed by atoms with Crippen LogP contribution in [-0.2, 0) is 4.79 Å². The molecule has 2 aromatic rings. The lowest BCUT2D eigenvalue weighted by molar-refractivity contribution is -0.111. The fraction of sp³-hybridized carbons (Fsp3) is 0.100. The van der Waals surface area contributed by atoms with Gasteiger partial charge in [0.25, 0.3) is 0 Å². The quantitative estimate of drug-likeness (QED) is 0.639. The molecule has 0 bridgehead atoms. The maximum atomic E-state index is 11.1. The summed E-state index contributed by atoms with van der Waals surface area (Å²) in [7, 11) is 0. The van der Waals surface area contributed by atoms with Gasteiger partial charge in [0.15, 0.2) is 5.65 Å². The van der Waals surface area contributed by atoms with E-state index in [4.69, 9.17) is 11.6 Å². The molecule has 5 nitrogen and oxygen atoms in total.